The Balaban J connectivity index is 2.55. The molecule has 1 nitrogen and oxygen atoms in total. The Labute approximate surface area is 62.9 Å². The summed E-state index contributed by atoms with van der Waals surface area (Å²) in [6, 6.07) is 0. The first-order chi connectivity index (χ1) is 4.70. The molecule has 0 aromatic rings. The summed E-state index contributed by atoms with van der Waals surface area (Å²) in [5, 5.41) is 9.16. The Morgan fingerprint density at radius 3 is 2.90 bits per heavy atom. The maximum Gasteiger partial charge on any atom is 0.107 e. The summed E-state index contributed by atoms with van der Waals surface area (Å²) in [6.07, 6.45) is 6.26. The second-order valence-electron chi connectivity index (χ2n) is 2.74. The van der Waals surface area contributed by atoms with Gasteiger partial charge in [0, 0.05) is 5.92 Å². The van der Waals surface area contributed by atoms with E-state index in [2.05, 4.69) is 0 Å². The Morgan fingerprint density at radius 2 is 2.50 bits per heavy atom. The predicted octanol–water partition coefficient (Wildman–Crippen LogP) is 0.996. The van der Waals surface area contributed by atoms with Crippen molar-refractivity contribution >= 4 is 7.85 Å². The molecule has 2 radical (unpaired) electrons. The Morgan fingerprint density at radius 1 is 1.80 bits per heavy atom. The van der Waals surface area contributed by atoms with Gasteiger partial charge in [-0.05, 0) is 13.3 Å². The van der Waals surface area contributed by atoms with Crippen molar-refractivity contribution in [3.63, 3.8) is 0 Å². The van der Waals surface area contributed by atoms with E-state index >= 15 is 0 Å². The second-order valence-corrected chi connectivity index (χ2v) is 2.74. The molecule has 0 spiro atoms. The van der Waals surface area contributed by atoms with Gasteiger partial charge in [-0.3, -0.25) is 0 Å². The van der Waals surface area contributed by atoms with Crippen LogP contribution in [-0.2, 0) is 0 Å². The Bertz CT molecular complexity index is 170. The van der Waals surface area contributed by atoms with Gasteiger partial charge >= 0.3 is 0 Å². The van der Waals surface area contributed by atoms with Crippen LogP contribution in [0.25, 0.3) is 0 Å². The topological polar surface area (TPSA) is 20.2 Å². The number of allylic oxidation sites excluding steroid dienone is 3. The highest BCUT2D eigenvalue weighted by Crippen LogP contribution is 2.19. The zero-order valence-corrected chi connectivity index (χ0v) is 6.12. The lowest BCUT2D eigenvalue weighted by atomic mass is 9.81. The second kappa shape index (κ2) is 3.06. The van der Waals surface area contributed by atoms with E-state index in [0.29, 0.717) is 0 Å². The van der Waals surface area contributed by atoms with Gasteiger partial charge in [-0.25, -0.2) is 0 Å². The van der Waals surface area contributed by atoms with E-state index in [0.717, 1.165) is 11.9 Å². The molecule has 0 saturated heterocycles. The lowest BCUT2D eigenvalue weighted by Crippen LogP contribution is -2.16. The lowest BCUT2D eigenvalue weighted by Gasteiger charge is -2.18. The average Bonchev–Trinajstić information content (AvgIpc) is 1.88. The summed E-state index contributed by atoms with van der Waals surface area (Å²) in [4.78, 5) is 0. The third-order valence-electron chi connectivity index (χ3n) is 1.76. The Kier molecular flexibility index (Phi) is 2.33. The average molecular weight is 134 g/mol. The fourth-order valence-electron chi connectivity index (χ4n) is 1.06. The maximum atomic E-state index is 9.16. The monoisotopic (exact) mass is 134 g/mol. The van der Waals surface area contributed by atoms with Crippen molar-refractivity contribution in [3.05, 3.63) is 23.7 Å². The summed E-state index contributed by atoms with van der Waals surface area (Å²) in [7, 11) is 5.56. The van der Waals surface area contributed by atoms with E-state index in [1.165, 1.54) is 0 Å². The van der Waals surface area contributed by atoms with Gasteiger partial charge in [0.25, 0.3) is 0 Å². The zero-order valence-electron chi connectivity index (χ0n) is 6.12. The van der Waals surface area contributed by atoms with E-state index in [9.17, 15) is 0 Å². The van der Waals surface area contributed by atoms with Gasteiger partial charge in [0.2, 0.25) is 0 Å². The van der Waals surface area contributed by atoms with E-state index in [1.807, 2.05) is 18.2 Å². The van der Waals surface area contributed by atoms with Gasteiger partial charge in [0.05, 0.1) is 6.10 Å². The lowest BCUT2D eigenvalue weighted by molar-refractivity contribution is 0.149. The molecule has 2 unspecified atom stereocenters. The van der Waals surface area contributed by atoms with Crippen LogP contribution in [0.2, 0.25) is 0 Å². The quantitative estimate of drug-likeness (QED) is 0.530. The summed E-state index contributed by atoms with van der Waals surface area (Å²) < 4.78 is 0. The van der Waals surface area contributed by atoms with Gasteiger partial charge in [0.15, 0.2) is 0 Å². The van der Waals surface area contributed by atoms with E-state index in [1.54, 1.807) is 6.92 Å². The van der Waals surface area contributed by atoms with Crippen LogP contribution in [0.4, 0.5) is 0 Å². The van der Waals surface area contributed by atoms with Crippen molar-refractivity contribution in [2.24, 2.45) is 5.92 Å². The van der Waals surface area contributed by atoms with Crippen molar-refractivity contribution in [2.75, 3.05) is 0 Å². The molecule has 2 atom stereocenters. The summed E-state index contributed by atoms with van der Waals surface area (Å²) in [5.41, 5.74) is 0.855. The van der Waals surface area contributed by atoms with E-state index in [-0.39, 0.29) is 12.0 Å². The molecule has 2 heteroatoms. The molecule has 1 aliphatic carbocycles. The molecule has 1 rings (SSSR count). The first kappa shape index (κ1) is 7.61. The van der Waals surface area contributed by atoms with E-state index < -0.39 is 0 Å². The largest absolute Gasteiger partial charge is 0.393 e. The van der Waals surface area contributed by atoms with Gasteiger partial charge in [-0.1, -0.05) is 18.2 Å². The van der Waals surface area contributed by atoms with Crippen molar-refractivity contribution in [1.29, 1.82) is 0 Å². The van der Waals surface area contributed by atoms with Crippen LogP contribution in [0.3, 0.4) is 0 Å². The highest BCUT2D eigenvalue weighted by molar-refractivity contribution is 6.21. The Hall–Kier alpha value is -0.495. The standard InChI is InChI=1S/C8H11BO/c1-6(10)7-3-2-4-8(9)5-7/h2-4,6-7,10H,5H2,1H3. The molecule has 0 bridgehead atoms. The van der Waals surface area contributed by atoms with E-state index in [4.69, 9.17) is 13.0 Å². The fraction of sp³-hybridized carbons (Fsp3) is 0.500. The number of rotatable bonds is 1. The molecule has 1 aliphatic rings. The fourth-order valence-corrected chi connectivity index (χ4v) is 1.06. The van der Waals surface area contributed by atoms with Crippen molar-refractivity contribution in [1.82, 2.24) is 0 Å². The molecule has 0 amide bonds. The van der Waals surface area contributed by atoms with Gasteiger partial charge < -0.3 is 5.11 Å². The molecule has 0 saturated carbocycles. The van der Waals surface area contributed by atoms with Crippen molar-refractivity contribution in [2.45, 2.75) is 19.4 Å². The minimum atomic E-state index is -0.288. The molecular weight excluding hydrogens is 123 g/mol. The van der Waals surface area contributed by atoms with Crippen LogP contribution in [-0.4, -0.2) is 19.1 Å². The molecule has 10 heavy (non-hydrogen) atoms. The van der Waals surface area contributed by atoms with Crippen LogP contribution in [0.15, 0.2) is 23.7 Å². The number of hydrogen-bond acceptors (Lipinski definition) is 1. The van der Waals surface area contributed by atoms with Gasteiger partial charge in [-0.15, -0.1) is 5.47 Å². The predicted molar refractivity (Wildman–Crippen MR) is 42.8 cm³/mol. The summed E-state index contributed by atoms with van der Waals surface area (Å²) in [5.74, 6) is 0.213. The van der Waals surface area contributed by atoms with Crippen LogP contribution in [0, 0.1) is 5.92 Å². The minimum absolute atomic E-state index is 0.213. The first-order valence-electron chi connectivity index (χ1n) is 3.51. The minimum Gasteiger partial charge on any atom is -0.393 e. The van der Waals surface area contributed by atoms with Crippen molar-refractivity contribution < 1.29 is 5.11 Å². The summed E-state index contributed by atoms with van der Waals surface area (Å²) >= 11 is 0. The van der Waals surface area contributed by atoms with Crippen molar-refractivity contribution in [3.8, 4) is 0 Å². The van der Waals surface area contributed by atoms with Crippen LogP contribution < -0.4 is 0 Å². The highest BCUT2D eigenvalue weighted by Gasteiger charge is 2.12. The molecule has 0 fully saturated rings. The zero-order chi connectivity index (χ0) is 7.56. The smallest absolute Gasteiger partial charge is 0.107 e. The number of aliphatic hydroxyl groups is 1. The van der Waals surface area contributed by atoms with Crippen LogP contribution in [0.1, 0.15) is 13.3 Å². The third kappa shape index (κ3) is 1.74. The molecule has 0 heterocycles. The molecule has 52 valence electrons. The SMILES string of the molecule is [B]C1=CC=CC(C(C)O)C1. The third-order valence-corrected chi connectivity index (χ3v) is 1.76. The normalized spacial score (nSPS) is 27.8. The van der Waals surface area contributed by atoms with Gasteiger partial charge in [-0.2, -0.15) is 0 Å². The highest BCUT2D eigenvalue weighted by atomic mass is 16.3. The number of aliphatic hydroxyl groups excluding tert-OH is 1. The maximum absolute atomic E-state index is 9.16. The molecule has 0 aromatic carbocycles. The molecule has 0 aromatic heterocycles. The first-order valence-corrected chi connectivity index (χ1v) is 3.51. The van der Waals surface area contributed by atoms with Crippen LogP contribution in [0.5, 0.6) is 0 Å². The van der Waals surface area contributed by atoms with Crippen LogP contribution >= 0.6 is 0 Å². The molecular formula is C8H11BO. The molecule has 0 aliphatic heterocycles. The van der Waals surface area contributed by atoms with Gasteiger partial charge in [0.1, 0.15) is 7.85 Å². The summed E-state index contributed by atoms with van der Waals surface area (Å²) in [6.45, 7) is 1.79. The number of hydrogen-bond donors (Lipinski definition) is 1. The molecule has 1 N–H and O–H groups in total.